The monoisotopic (exact) mass is 388 g/mol. The normalized spacial score (nSPS) is 17.5. The van der Waals surface area contributed by atoms with Gasteiger partial charge in [-0.1, -0.05) is 17.7 Å². The summed E-state index contributed by atoms with van der Waals surface area (Å²) in [6, 6.07) is 11.3. The number of amides is 1. The van der Waals surface area contributed by atoms with Crippen LogP contribution in [-0.2, 0) is 11.3 Å². The van der Waals surface area contributed by atoms with Gasteiger partial charge in [0.05, 0.1) is 16.1 Å². The zero-order chi connectivity index (χ0) is 17.9. The molecule has 0 radical (unpaired) electrons. The average Bonchev–Trinajstić information content (AvgIpc) is 3.37. The van der Waals surface area contributed by atoms with Crippen molar-refractivity contribution < 1.29 is 4.79 Å². The van der Waals surface area contributed by atoms with Gasteiger partial charge in [0, 0.05) is 17.1 Å². The molecule has 1 atom stereocenters. The number of anilines is 1. The van der Waals surface area contributed by atoms with E-state index in [9.17, 15) is 4.79 Å². The summed E-state index contributed by atoms with van der Waals surface area (Å²) in [5.74, 6) is 0.0130. The van der Waals surface area contributed by atoms with Crippen LogP contribution in [0.15, 0.2) is 42.7 Å². The zero-order valence-electron chi connectivity index (χ0n) is 13.9. The molecule has 1 fully saturated rings. The highest BCUT2D eigenvalue weighted by Gasteiger charge is 2.31. The molecule has 2 aromatic heterocycles. The molecule has 0 aliphatic carbocycles. The van der Waals surface area contributed by atoms with E-state index in [1.165, 1.54) is 11.2 Å². The van der Waals surface area contributed by atoms with Crippen LogP contribution in [0.5, 0.6) is 0 Å². The van der Waals surface area contributed by atoms with Crippen LogP contribution in [0.3, 0.4) is 0 Å². The quantitative estimate of drug-likeness (QED) is 0.727. The first kappa shape index (κ1) is 17.1. The van der Waals surface area contributed by atoms with Crippen LogP contribution in [0.4, 0.5) is 5.69 Å². The second-order valence-corrected chi connectivity index (χ2v) is 7.93. The van der Waals surface area contributed by atoms with E-state index >= 15 is 0 Å². The van der Waals surface area contributed by atoms with Gasteiger partial charge < -0.3 is 5.32 Å². The van der Waals surface area contributed by atoms with E-state index in [0.717, 1.165) is 41.6 Å². The Morgan fingerprint density at radius 1 is 1.35 bits per heavy atom. The molecule has 1 saturated heterocycles. The van der Waals surface area contributed by atoms with Crippen LogP contribution in [0.1, 0.15) is 17.7 Å². The number of hydrogen-bond acceptors (Lipinski definition) is 6. The SMILES string of the molecule is O=C(Nc1cccc(-n2cnnn2)c1)[C@H]1CCCN1Cc1ccc(Cl)s1. The van der Waals surface area contributed by atoms with Crippen LogP contribution in [0.2, 0.25) is 4.34 Å². The lowest BCUT2D eigenvalue weighted by Crippen LogP contribution is -2.39. The van der Waals surface area contributed by atoms with Crippen molar-refractivity contribution in [2.24, 2.45) is 0 Å². The predicted molar refractivity (Wildman–Crippen MR) is 101 cm³/mol. The van der Waals surface area contributed by atoms with Crippen molar-refractivity contribution in [1.29, 1.82) is 0 Å². The second kappa shape index (κ2) is 7.53. The first-order valence-corrected chi connectivity index (χ1v) is 9.51. The predicted octanol–water partition coefficient (Wildman–Crippen LogP) is 2.98. The van der Waals surface area contributed by atoms with E-state index in [1.54, 1.807) is 16.0 Å². The summed E-state index contributed by atoms with van der Waals surface area (Å²) >= 11 is 7.58. The molecule has 0 saturated carbocycles. The molecule has 7 nitrogen and oxygen atoms in total. The van der Waals surface area contributed by atoms with Crippen LogP contribution >= 0.6 is 22.9 Å². The van der Waals surface area contributed by atoms with Gasteiger partial charge in [0.1, 0.15) is 6.33 Å². The standard InChI is InChI=1S/C17H17ClN6OS/c18-16-7-6-14(26-16)10-23-8-2-5-15(23)17(25)20-12-3-1-4-13(9-12)24-11-19-21-22-24/h1,3-4,6-7,9,11,15H,2,5,8,10H2,(H,20,25)/t15-/m1/s1. The number of aromatic nitrogens is 4. The number of carbonyl (C=O) groups is 1. The number of nitrogens with one attached hydrogen (secondary N) is 1. The summed E-state index contributed by atoms with van der Waals surface area (Å²) in [6.45, 7) is 1.67. The van der Waals surface area contributed by atoms with Crippen LogP contribution < -0.4 is 5.32 Å². The van der Waals surface area contributed by atoms with Crippen LogP contribution in [-0.4, -0.2) is 43.6 Å². The molecule has 26 heavy (non-hydrogen) atoms. The van der Waals surface area contributed by atoms with Gasteiger partial charge >= 0.3 is 0 Å². The number of hydrogen-bond donors (Lipinski definition) is 1. The topological polar surface area (TPSA) is 75.9 Å². The van der Waals surface area contributed by atoms with E-state index in [4.69, 9.17) is 11.6 Å². The van der Waals surface area contributed by atoms with Gasteiger partial charge in [-0.15, -0.1) is 16.4 Å². The number of halogens is 1. The summed E-state index contributed by atoms with van der Waals surface area (Å²) in [7, 11) is 0. The summed E-state index contributed by atoms with van der Waals surface area (Å²) < 4.78 is 2.33. The average molecular weight is 389 g/mol. The van der Waals surface area contributed by atoms with Gasteiger partial charge in [-0.2, -0.15) is 0 Å². The number of nitrogens with zero attached hydrogens (tertiary/aromatic N) is 5. The third-order valence-electron chi connectivity index (χ3n) is 4.38. The molecule has 134 valence electrons. The number of tetrazole rings is 1. The summed E-state index contributed by atoms with van der Waals surface area (Å²) in [6.07, 6.45) is 3.39. The van der Waals surface area contributed by atoms with Gasteiger partial charge in [0.25, 0.3) is 0 Å². The number of thiophene rings is 1. The van der Waals surface area contributed by atoms with Gasteiger partial charge in [0.2, 0.25) is 5.91 Å². The summed E-state index contributed by atoms with van der Waals surface area (Å²) in [4.78, 5) is 16.2. The molecule has 0 bridgehead atoms. The minimum absolute atomic E-state index is 0.0130. The van der Waals surface area contributed by atoms with E-state index < -0.39 is 0 Å². The van der Waals surface area contributed by atoms with Crippen molar-refractivity contribution in [1.82, 2.24) is 25.1 Å². The molecule has 1 aliphatic rings. The smallest absolute Gasteiger partial charge is 0.241 e. The highest BCUT2D eigenvalue weighted by atomic mass is 35.5. The Hall–Kier alpha value is -2.29. The van der Waals surface area contributed by atoms with Gasteiger partial charge in [-0.05, 0) is 60.1 Å². The summed E-state index contributed by atoms with van der Waals surface area (Å²) in [5, 5.41) is 14.2. The van der Waals surface area contributed by atoms with Crippen molar-refractivity contribution in [2.45, 2.75) is 25.4 Å². The maximum Gasteiger partial charge on any atom is 0.241 e. The second-order valence-electron chi connectivity index (χ2n) is 6.13. The van der Waals surface area contributed by atoms with Crippen molar-refractivity contribution in [3.8, 4) is 5.69 Å². The molecule has 3 heterocycles. The Morgan fingerprint density at radius 2 is 2.27 bits per heavy atom. The van der Waals surface area contributed by atoms with Gasteiger partial charge in [-0.25, -0.2) is 4.68 Å². The molecule has 4 rings (SSSR count). The molecular weight excluding hydrogens is 372 g/mol. The molecule has 0 spiro atoms. The maximum absolute atomic E-state index is 12.8. The lowest BCUT2D eigenvalue weighted by Gasteiger charge is -2.23. The Morgan fingerprint density at radius 3 is 3.04 bits per heavy atom. The third-order valence-corrected chi connectivity index (χ3v) is 5.60. The van der Waals surface area contributed by atoms with Crippen LogP contribution in [0, 0.1) is 0 Å². The van der Waals surface area contributed by atoms with Gasteiger partial charge in [0.15, 0.2) is 0 Å². The van der Waals surface area contributed by atoms with Crippen molar-refractivity contribution >= 4 is 34.5 Å². The van der Waals surface area contributed by atoms with E-state index in [-0.39, 0.29) is 11.9 Å². The lowest BCUT2D eigenvalue weighted by molar-refractivity contribution is -0.120. The number of rotatable bonds is 5. The van der Waals surface area contributed by atoms with Crippen molar-refractivity contribution in [2.75, 3.05) is 11.9 Å². The molecule has 1 aliphatic heterocycles. The fourth-order valence-corrected chi connectivity index (χ4v) is 4.29. The van der Waals surface area contributed by atoms with Crippen molar-refractivity contribution in [3.63, 3.8) is 0 Å². The third kappa shape index (κ3) is 3.77. The summed E-state index contributed by atoms with van der Waals surface area (Å²) in [5.41, 5.74) is 1.53. The fourth-order valence-electron chi connectivity index (χ4n) is 3.18. The number of carbonyl (C=O) groups excluding carboxylic acids is 1. The number of benzene rings is 1. The molecular formula is C17H17ClN6OS. The Balaban J connectivity index is 1.44. The minimum Gasteiger partial charge on any atom is -0.325 e. The number of likely N-dealkylation sites (tertiary alicyclic amines) is 1. The molecule has 1 amide bonds. The molecule has 1 N–H and O–H groups in total. The fraction of sp³-hybridized carbons (Fsp3) is 0.294. The van der Waals surface area contributed by atoms with Gasteiger partial charge in [-0.3, -0.25) is 9.69 Å². The molecule has 1 aromatic carbocycles. The maximum atomic E-state index is 12.8. The Bertz CT molecular complexity index is 896. The van der Waals surface area contributed by atoms with E-state index in [1.807, 2.05) is 36.4 Å². The Labute approximate surface area is 159 Å². The largest absolute Gasteiger partial charge is 0.325 e. The van der Waals surface area contributed by atoms with Crippen LogP contribution in [0.25, 0.3) is 5.69 Å². The molecule has 3 aromatic rings. The lowest BCUT2D eigenvalue weighted by atomic mass is 10.2. The van der Waals surface area contributed by atoms with E-state index in [0.29, 0.717) is 0 Å². The first-order valence-electron chi connectivity index (χ1n) is 8.31. The van der Waals surface area contributed by atoms with Crippen molar-refractivity contribution in [3.05, 3.63) is 51.9 Å². The first-order chi connectivity index (χ1) is 12.7. The Kier molecular flexibility index (Phi) is 4.96. The minimum atomic E-state index is -0.132. The van der Waals surface area contributed by atoms with E-state index in [2.05, 4.69) is 25.7 Å². The molecule has 0 unspecified atom stereocenters. The highest BCUT2D eigenvalue weighted by molar-refractivity contribution is 7.16. The highest BCUT2D eigenvalue weighted by Crippen LogP contribution is 2.27. The zero-order valence-corrected chi connectivity index (χ0v) is 15.5. The molecule has 9 heteroatoms.